The first-order valence-electron chi connectivity index (χ1n) is 21.2. The molecule has 32 heteroatoms. The Hall–Kier alpha value is -7.58. The summed E-state index contributed by atoms with van der Waals surface area (Å²) in [5.74, 6) is -40.4. The average molecular weight is 1160 g/mol. The van der Waals surface area contributed by atoms with Crippen molar-refractivity contribution in [1.29, 1.82) is 0 Å². The van der Waals surface area contributed by atoms with E-state index in [1.165, 1.54) is 12.2 Å². The van der Waals surface area contributed by atoms with Gasteiger partial charge in [-0.1, -0.05) is 66.8 Å². The summed E-state index contributed by atoms with van der Waals surface area (Å²) >= 11 is 0. The van der Waals surface area contributed by atoms with Gasteiger partial charge in [0.1, 0.15) is 28.8 Å². The molecule has 1 aliphatic carbocycles. The van der Waals surface area contributed by atoms with Crippen LogP contribution in [0.2, 0.25) is 0 Å². The van der Waals surface area contributed by atoms with Crippen molar-refractivity contribution in [2.75, 3.05) is 23.0 Å². The number of alkyl halides is 16. The molecule has 14 nitrogen and oxygen atoms in total. The Balaban J connectivity index is 1.43. The van der Waals surface area contributed by atoms with E-state index in [1.54, 1.807) is 94.7 Å². The fourth-order valence-corrected chi connectivity index (χ4v) is 9.68. The van der Waals surface area contributed by atoms with Gasteiger partial charge in [-0.2, -0.15) is 69.5 Å². The van der Waals surface area contributed by atoms with Crippen LogP contribution in [0.4, 0.5) is 104 Å². The molecule has 0 fully saturated rings. The molecule has 0 radical (unpaired) electrons. The number of nitro benzene ring substituents is 2. The summed E-state index contributed by atoms with van der Waals surface area (Å²) in [6.45, 7) is -6.70. The summed E-state index contributed by atoms with van der Waals surface area (Å²) in [7, 11) is -12.5. The van der Waals surface area contributed by atoms with Gasteiger partial charge in [0, 0.05) is 23.5 Å². The largest absolute Gasteiger partial charge is 0.380 e. The van der Waals surface area contributed by atoms with Crippen LogP contribution in [0.15, 0.2) is 149 Å². The molecule has 0 atom stereocenters. The van der Waals surface area contributed by atoms with Gasteiger partial charge in [0.05, 0.1) is 32.3 Å². The van der Waals surface area contributed by atoms with E-state index in [9.17, 15) is 107 Å². The lowest BCUT2D eigenvalue weighted by Crippen LogP contribution is -2.59. The van der Waals surface area contributed by atoms with Crippen molar-refractivity contribution in [2.24, 2.45) is 0 Å². The maximum Gasteiger partial charge on any atom is 0.380 e. The highest BCUT2D eigenvalue weighted by atomic mass is 32.2. The van der Waals surface area contributed by atoms with E-state index in [4.69, 9.17) is 0 Å². The van der Waals surface area contributed by atoms with Gasteiger partial charge >= 0.3 is 48.4 Å². The van der Waals surface area contributed by atoms with Gasteiger partial charge in [-0.05, 0) is 71.3 Å². The number of allylic oxidation sites excluding steroid dienone is 4. The molecule has 5 aromatic carbocycles. The molecule has 5 aromatic rings. The van der Waals surface area contributed by atoms with Crippen molar-refractivity contribution in [3.63, 3.8) is 0 Å². The predicted molar refractivity (Wildman–Crippen MR) is 241 cm³/mol. The summed E-state index contributed by atoms with van der Waals surface area (Å²) in [6.07, 6.45) is -6.52. The van der Waals surface area contributed by atoms with Crippen LogP contribution < -0.4 is 9.80 Å². The Morgan fingerprint density at radius 2 is 0.846 bits per heavy atom. The van der Waals surface area contributed by atoms with E-state index in [1.807, 2.05) is 0 Å². The third-order valence-corrected chi connectivity index (χ3v) is 14.0. The first-order chi connectivity index (χ1) is 36.1. The molecule has 416 valence electrons. The predicted octanol–water partition coefficient (Wildman–Crippen LogP) is 13.1. The minimum Gasteiger partial charge on any atom is -0.294 e. The third-order valence-electron chi connectivity index (χ3n) is 11.5. The molecule has 2 aliphatic rings. The van der Waals surface area contributed by atoms with E-state index < -0.39 is 141 Å². The number of fused-ring (bicyclic) bond motifs is 4. The molecule has 0 saturated carbocycles. The summed E-state index contributed by atoms with van der Waals surface area (Å²) in [4.78, 5) is 22.3. The highest BCUT2D eigenvalue weighted by molar-refractivity contribution is 7.87. The Labute approximate surface area is 427 Å². The van der Waals surface area contributed by atoms with E-state index in [-0.39, 0.29) is 24.3 Å². The van der Waals surface area contributed by atoms with Crippen LogP contribution >= 0.6 is 0 Å². The molecule has 7 rings (SSSR count). The molecule has 0 saturated heterocycles. The zero-order valence-corrected chi connectivity index (χ0v) is 39.6. The van der Waals surface area contributed by atoms with Crippen LogP contribution in [0.3, 0.4) is 0 Å². The highest BCUT2D eigenvalue weighted by Gasteiger charge is 2.76. The number of nitrogens with zero attached hydrogens (tertiary/aromatic N) is 4. The zero-order chi connectivity index (χ0) is 57.9. The molecule has 0 aromatic heterocycles. The molecule has 78 heavy (non-hydrogen) atoms. The number of anilines is 4. The number of para-hydroxylation sites is 4. The monoisotopic (exact) mass is 1160 g/mol. The number of rotatable bonds is 20. The third kappa shape index (κ3) is 9.99. The maximum absolute atomic E-state index is 14.5. The summed E-state index contributed by atoms with van der Waals surface area (Å²) in [6, 6.07) is 24.0. The van der Waals surface area contributed by atoms with Gasteiger partial charge < -0.3 is 0 Å². The minimum absolute atomic E-state index is 0.117. The quantitative estimate of drug-likeness (QED) is 0.0306. The summed E-state index contributed by atoms with van der Waals surface area (Å²) in [5.41, 5.74) is -5.88. The SMILES string of the molecule is O=[N+]([O-])c1cc(S(=O)(=O)OCC(F)(F)C(F)(F)C(F)(F)C(F)F)cc2c1-c1c(cc(S(=O)(=O)OCC(F)(F)C(F)(F)C(F)(F)C(F)F)cc1[N+](=O)[O-])C2=C/C=C/C=C1N(c2ccccc2)c2ccccc2N1c1ccccc1. The van der Waals surface area contributed by atoms with Crippen molar-refractivity contribution >= 4 is 59.9 Å². The fraction of sp³-hybridized carbons (Fsp3) is 0.217. The molecule has 0 bridgehead atoms. The average Bonchev–Trinajstić information content (AvgIpc) is 3.96. The smallest absolute Gasteiger partial charge is 0.294 e. The number of nitro groups is 2. The Bertz CT molecular complexity index is 3300. The normalized spacial score (nSPS) is 14.6. The van der Waals surface area contributed by atoms with Gasteiger partial charge in [-0.25, -0.2) is 17.6 Å². The Morgan fingerprint density at radius 1 is 0.513 bits per heavy atom. The van der Waals surface area contributed by atoms with Crippen LogP contribution in [-0.4, -0.2) is 88.3 Å². The topological polar surface area (TPSA) is 180 Å². The molecular weight excluding hydrogens is 1140 g/mol. The van der Waals surface area contributed by atoms with Gasteiger partial charge in [0.15, 0.2) is 0 Å². The van der Waals surface area contributed by atoms with E-state index in [2.05, 4.69) is 8.37 Å². The molecule has 1 aliphatic heterocycles. The van der Waals surface area contributed by atoms with Gasteiger partial charge in [-0.3, -0.25) is 38.4 Å². The van der Waals surface area contributed by atoms with Crippen LogP contribution in [0.1, 0.15) is 11.1 Å². The van der Waals surface area contributed by atoms with Crippen LogP contribution in [0, 0.1) is 20.2 Å². The van der Waals surface area contributed by atoms with Crippen molar-refractivity contribution in [3.8, 4) is 11.1 Å². The number of halogens is 16. The summed E-state index contributed by atoms with van der Waals surface area (Å²) < 4.78 is 282. The van der Waals surface area contributed by atoms with Crippen molar-refractivity contribution in [3.05, 3.63) is 171 Å². The second-order valence-corrected chi connectivity index (χ2v) is 19.6. The second-order valence-electron chi connectivity index (χ2n) is 16.4. The van der Waals surface area contributed by atoms with Crippen LogP contribution in [0.25, 0.3) is 16.7 Å². The standard InChI is InChI=1S/C46H28F16N4O10S2/c47-39(48)43(55,56)45(59,60)41(51,52)23-75-77(71,72)27-19-30-29(15-7-10-18-36-63(25-11-3-1-4-12-25)32-16-8-9-17-33(32)64(36)26-13-5-2-6-14-26)31-20-28(22-35(66(69)70)38(31)37(30)34(21-27)65(67)68)78(73,74)76-24-42(53,54)46(61,62)44(57,58)40(49)50/h1-22,39-40H,23-24H2/b10-7+. The van der Waals surface area contributed by atoms with Crippen molar-refractivity contribution in [1.82, 2.24) is 0 Å². The minimum atomic E-state index is -7.04. The first-order valence-corrected chi connectivity index (χ1v) is 24.0. The summed E-state index contributed by atoms with van der Waals surface area (Å²) in [5, 5.41) is 25.4. The molecule has 0 spiro atoms. The highest BCUT2D eigenvalue weighted by Crippen LogP contribution is 2.56. The van der Waals surface area contributed by atoms with Crippen molar-refractivity contribution < 1.29 is 105 Å². The second kappa shape index (κ2) is 20.3. The zero-order valence-electron chi connectivity index (χ0n) is 38.0. The van der Waals surface area contributed by atoms with Crippen molar-refractivity contribution in [2.45, 2.75) is 58.2 Å². The lowest BCUT2D eigenvalue weighted by atomic mass is 10.0. The molecule has 1 heterocycles. The first kappa shape index (κ1) is 58.1. The van der Waals surface area contributed by atoms with Gasteiger partial charge in [0.25, 0.3) is 31.6 Å². The molecular formula is C46H28F16N4O10S2. The number of hydrogen-bond donors (Lipinski definition) is 0. The van der Waals surface area contributed by atoms with Crippen LogP contribution in [0.5, 0.6) is 0 Å². The molecule has 0 unspecified atom stereocenters. The number of benzene rings is 5. The maximum atomic E-state index is 14.5. The van der Waals surface area contributed by atoms with Gasteiger partial charge in [0.2, 0.25) is 0 Å². The van der Waals surface area contributed by atoms with Crippen LogP contribution in [-0.2, 0) is 28.6 Å². The van der Waals surface area contributed by atoms with E-state index >= 15 is 0 Å². The Morgan fingerprint density at radius 3 is 1.18 bits per heavy atom. The lowest BCUT2D eigenvalue weighted by Gasteiger charge is -2.31. The molecule has 0 N–H and O–H groups in total. The Kier molecular flexibility index (Phi) is 15.1. The van der Waals surface area contributed by atoms with Gasteiger partial charge in [-0.15, -0.1) is 0 Å². The lowest BCUT2D eigenvalue weighted by molar-refractivity contribution is -0.386. The van der Waals surface area contributed by atoms with E-state index in [0.717, 1.165) is 12.2 Å². The number of hydrogen-bond acceptors (Lipinski definition) is 12. The fourth-order valence-electron chi connectivity index (χ4n) is 7.76. The van der Waals surface area contributed by atoms with E-state index in [0.29, 0.717) is 28.6 Å². The molecule has 0 amide bonds.